The first-order valence-electron chi connectivity index (χ1n) is 9.87. The third-order valence-corrected chi connectivity index (χ3v) is 5.89. The highest BCUT2D eigenvalue weighted by atomic mass is 35.5. The highest BCUT2D eigenvalue weighted by molar-refractivity contribution is 6.42. The number of alkyl halides is 3. The summed E-state index contributed by atoms with van der Waals surface area (Å²) in [7, 11) is 2.56. The number of likely N-dealkylation sites (N-methyl/N-ethyl adjacent to an activating group) is 2. The van der Waals surface area contributed by atoms with E-state index >= 15 is 0 Å². The molecule has 2 aromatic carbocycles. The van der Waals surface area contributed by atoms with Crippen molar-refractivity contribution in [1.82, 2.24) is 9.80 Å². The Balaban J connectivity index is 2.51. The molecule has 0 bridgehead atoms. The number of halogens is 6. The molecule has 0 fully saturated rings. The zero-order chi connectivity index (χ0) is 25.7. The van der Waals surface area contributed by atoms with Crippen molar-refractivity contribution in [1.29, 1.82) is 0 Å². The van der Waals surface area contributed by atoms with E-state index in [0.717, 1.165) is 21.9 Å². The van der Waals surface area contributed by atoms with Crippen molar-refractivity contribution in [3.05, 3.63) is 76.5 Å². The van der Waals surface area contributed by atoms with Crippen molar-refractivity contribution in [2.75, 3.05) is 20.6 Å². The Hall–Kier alpha value is -2.78. The van der Waals surface area contributed by atoms with Gasteiger partial charge in [-0.05, 0) is 48.4 Å². The maximum atomic E-state index is 13.2. The molecule has 0 saturated carbocycles. The third kappa shape index (κ3) is 6.87. The third-order valence-electron chi connectivity index (χ3n) is 5.15. The van der Waals surface area contributed by atoms with Crippen molar-refractivity contribution in [3.63, 3.8) is 0 Å². The summed E-state index contributed by atoms with van der Waals surface area (Å²) < 4.78 is 57.0. The normalized spacial score (nSPS) is 13.1. The second-order valence-electron chi connectivity index (χ2n) is 7.58. The molecule has 0 N–H and O–H groups in total. The maximum absolute atomic E-state index is 13.2. The Morgan fingerprint density at radius 2 is 1.68 bits per heavy atom. The first-order chi connectivity index (χ1) is 15.8. The molecule has 2 rings (SSSR count). The Morgan fingerprint density at radius 3 is 2.21 bits per heavy atom. The number of hydrogen-bond donors (Lipinski definition) is 0. The first kappa shape index (κ1) is 27.5. The van der Waals surface area contributed by atoms with E-state index in [1.54, 1.807) is 6.07 Å². The molecule has 0 radical (unpaired) electrons. The predicted molar refractivity (Wildman–Crippen MR) is 121 cm³/mol. The standard InChI is InChI=1S/C23H22Cl2F4N2O3/c1-4-11-22(15-5-10-18(24)19(25)12-15,14-30(2)20(32)13-23(27,28)29)31(3)21(33)34-17-8-6-16(26)7-9-17/h4-10,12H,1,11,13-14H2,2-3H3/t22-/m1/s1. The van der Waals surface area contributed by atoms with Gasteiger partial charge in [0.05, 0.1) is 15.6 Å². The first-order valence-corrected chi connectivity index (χ1v) is 10.6. The number of hydrogen-bond acceptors (Lipinski definition) is 3. The van der Waals surface area contributed by atoms with Crippen LogP contribution in [-0.2, 0) is 10.3 Å². The fourth-order valence-electron chi connectivity index (χ4n) is 3.37. The molecule has 0 aliphatic heterocycles. The van der Waals surface area contributed by atoms with Gasteiger partial charge in [-0.25, -0.2) is 9.18 Å². The lowest BCUT2D eigenvalue weighted by Gasteiger charge is -2.43. The van der Waals surface area contributed by atoms with Gasteiger partial charge in [0.25, 0.3) is 0 Å². The lowest BCUT2D eigenvalue weighted by molar-refractivity contribution is -0.161. The highest BCUT2D eigenvalue weighted by Crippen LogP contribution is 2.37. The topological polar surface area (TPSA) is 49.9 Å². The van der Waals surface area contributed by atoms with E-state index in [0.29, 0.717) is 5.56 Å². The molecule has 0 aliphatic carbocycles. The van der Waals surface area contributed by atoms with Gasteiger partial charge < -0.3 is 9.64 Å². The summed E-state index contributed by atoms with van der Waals surface area (Å²) in [6.45, 7) is 3.35. The molecule has 11 heteroatoms. The van der Waals surface area contributed by atoms with Gasteiger partial charge in [-0.3, -0.25) is 9.69 Å². The minimum Gasteiger partial charge on any atom is -0.410 e. The number of nitrogens with zero attached hydrogens (tertiary/aromatic N) is 2. The molecular formula is C23H22Cl2F4N2O3. The van der Waals surface area contributed by atoms with E-state index in [9.17, 15) is 27.2 Å². The Labute approximate surface area is 204 Å². The average molecular weight is 521 g/mol. The van der Waals surface area contributed by atoms with E-state index in [-0.39, 0.29) is 28.8 Å². The monoisotopic (exact) mass is 520 g/mol. The summed E-state index contributed by atoms with van der Waals surface area (Å²) in [5.74, 6) is -1.68. The van der Waals surface area contributed by atoms with Gasteiger partial charge in [0.1, 0.15) is 18.0 Å². The zero-order valence-electron chi connectivity index (χ0n) is 18.3. The van der Waals surface area contributed by atoms with Crippen LogP contribution in [0.4, 0.5) is 22.4 Å². The minimum atomic E-state index is -4.70. The number of carbonyl (C=O) groups excluding carboxylic acids is 2. The lowest BCUT2D eigenvalue weighted by Crippen LogP contribution is -2.55. The zero-order valence-corrected chi connectivity index (χ0v) is 19.8. The molecule has 0 spiro atoms. The highest BCUT2D eigenvalue weighted by Gasteiger charge is 2.43. The Morgan fingerprint density at radius 1 is 1.06 bits per heavy atom. The van der Waals surface area contributed by atoms with Gasteiger partial charge >= 0.3 is 12.3 Å². The van der Waals surface area contributed by atoms with Gasteiger partial charge in [-0.2, -0.15) is 13.2 Å². The fourth-order valence-corrected chi connectivity index (χ4v) is 3.67. The van der Waals surface area contributed by atoms with Crippen LogP contribution in [0.25, 0.3) is 0 Å². The number of rotatable bonds is 8. The van der Waals surface area contributed by atoms with Gasteiger partial charge in [-0.15, -0.1) is 6.58 Å². The van der Waals surface area contributed by atoms with Crippen LogP contribution in [-0.4, -0.2) is 48.6 Å². The average Bonchev–Trinajstić information content (AvgIpc) is 2.75. The largest absolute Gasteiger partial charge is 0.415 e. The molecule has 5 nitrogen and oxygen atoms in total. The van der Waals surface area contributed by atoms with Crippen LogP contribution < -0.4 is 4.74 Å². The van der Waals surface area contributed by atoms with E-state index < -0.39 is 36.0 Å². The van der Waals surface area contributed by atoms with E-state index in [1.165, 1.54) is 44.4 Å². The maximum Gasteiger partial charge on any atom is 0.415 e. The fraction of sp³-hybridized carbons (Fsp3) is 0.304. The van der Waals surface area contributed by atoms with Crippen LogP contribution in [0.15, 0.2) is 55.1 Å². The molecule has 0 aromatic heterocycles. The molecule has 0 saturated heterocycles. The van der Waals surface area contributed by atoms with Crippen molar-refractivity contribution in [3.8, 4) is 5.75 Å². The van der Waals surface area contributed by atoms with Crippen molar-refractivity contribution in [2.45, 2.75) is 24.6 Å². The van der Waals surface area contributed by atoms with Crippen molar-refractivity contribution < 1.29 is 31.9 Å². The Bertz CT molecular complexity index is 1050. The summed E-state index contributed by atoms with van der Waals surface area (Å²) in [4.78, 5) is 27.3. The second kappa shape index (κ2) is 11.1. The molecule has 2 aromatic rings. The van der Waals surface area contributed by atoms with Crippen LogP contribution in [0.3, 0.4) is 0 Å². The smallest absolute Gasteiger partial charge is 0.410 e. The number of ether oxygens (including phenoxy) is 1. The number of carbonyl (C=O) groups is 2. The van der Waals surface area contributed by atoms with Gasteiger partial charge in [0.15, 0.2) is 0 Å². The van der Waals surface area contributed by atoms with Crippen LogP contribution in [0.2, 0.25) is 10.0 Å². The van der Waals surface area contributed by atoms with Gasteiger partial charge in [-0.1, -0.05) is 35.3 Å². The van der Waals surface area contributed by atoms with E-state index in [2.05, 4.69) is 6.58 Å². The Kier molecular flexibility index (Phi) is 8.96. The molecule has 0 unspecified atom stereocenters. The van der Waals surface area contributed by atoms with Gasteiger partial charge in [0, 0.05) is 20.6 Å². The van der Waals surface area contributed by atoms with Crippen LogP contribution in [0.1, 0.15) is 18.4 Å². The quantitative estimate of drug-likeness (QED) is 0.297. The SMILES string of the molecule is C=CC[C@@](CN(C)C(=O)CC(F)(F)F)(c1ccc(Cl)c(Cl)c1)N(C)C(=O)Oc1ccc(F)cc1. The molecule has 184 valence electrons. The van der Waals surface area contributed by atoms with Crippen molar-refractivity contribution >= 4 is 35.2 Å². The van der Waals surface area contributed by atoms with Crippen molar-refractivity contribution in [2.24, 2.45) is 0 Å². The van der Waals surface area contributed by atoms with E-state index in [1.807, 2.05) is 0 Å². The predicted octanol–water partition coefficient (Wildman–Crippen LogP) is 6.45. The second-order valence-corrected chi connectivity index (χ2v) is 8.39. The van der Waals surface area contributed by atoms with Gasteiger partial charge in [0.2, 0.25) is 5.91 Å². The summed E-state index contributed by atoms with van der Waals surface area (Å²) in [6.07, 6.45) is -5.81. The van der Waals surface area contributed by atoms with Crippen LogP contribution in [0.5, 0.6) is 5.75 Å². The summed E-state index contributed by atoms with van der Waals surface area (Å²) >= 11 is 12.2. The minimum absolute atomic E-state index is 0.0175. The van der Waals surface area contributed by atoms with E-state index in [4.69, 9.17) is 27.9 Å². The summed E-state index contributed by atoms with van der Waals surface area (Å²) in [5.41, 5.74) is -1.05. The molecule has 34 heavy (non-hydrogen) atoms. The number of benzene rings is 2. The molecular weight excluding hydrogens is 499 g/mol. The lowest BCUT2D eigenvalue weighted by atomic mass is 9.84. The summed E-state index contributed by atoms with van der Waals surface area (Å²) in [6, 6.07) is 9.15. The molecule has 1 atom stereocenters. The van der Waals surface area contributed by atoms with Crippen LogP contribution in [0, 0.1) is 5.82 Å². The molecule has 0 heterocycles. The number of amides is 2. The summed E-state index contributed by atoms with van der Waals surface area (Å²) in [5, 5.41) is 0.355. The molecule has 2 amide bonds. The molecule has 0 aliphatic rings. The van der Waals surface area contributed by atoms with Crippen LogP contribution >= 0.6 is 23.2 Å².